The van der Waals surface area contributed by atoms with Crippen molar-refractivity contribution < 1.29 is 14.7 Å². The van der Waals surface area contributed by atoms with Crippen molar-refractivity contribution in [1.29, 1.82) is 0 Å². The lowest BCUT2D eigenvalue weighted by Crippen LogP contribution is -2.41. The smallest absolute Gasteiger partial charge is 0.326 e. The Hall–Kier alpha value is -1.01. The van der Waals surface area contributed by atoms with E-state index in [9.17, 15) is 9.59 Å². The Bertz CT molecular complexity index is 495. The molecule has 0 saturated carbocycles. The first kappa shape index (κ1) is 14.4. The molecule has 19 heavy (non-hydrogen) atoms. The molecular formula is C13H14BrNO3S. The fourth-order valence-corrected chi connectivity index (χ4v) is 3.50. The number of nitrogens with zero attached hydrogens (tertiary/aromatic N) is 1. The summed E-state index contributed by atoms with van der Waals surface area (Å²) in [5.74, 6) is -0.728. The van der Waals surface area contributed by atoms with Crippen LogP contribution in [0.3, 0.4) is 0 Å². The second-order valence-corrected chi connectivity index (χ2v) is 6.29. The number of hydrogen-bond acceptors (Lipinski definition) is 3. The number of carbonyl (C=O) groups is 2. The molecule has 0 spiro atoms. The van der Waals surface area contributed by atoms with Crippen LogP contribution in [0.4, 0.5) is 0 Å². The van der Waals surface area contributed by atoms with Gasteiger partial charge in [0.05, 0.1) is 5.75 Å². The van der Waals surface area contributed by atoms with Crippen molar-refractivity contribution >= 4 is 39.6 Å². The van der Waals surface area contributed by atoms with Crippen molar-refractivity contribution in [2.75, 3.05) is 12.3 Å². The average molecular weight is 344 g/mol. The van der Waals surface area contributed by atoms with Crippen molar-refractivity contribution in [3.63, 3.8) is 0 Å². The van der Waals surface area contributed by atoms with Gasteiger partial charge in [0, 0.05) is 15.9 Å². The Kier molecular flexibility index (Phi) is 4.87. The van der Waals surface area contributed by atoms with Gasteiger partial charge in [-0.2, -0.15) is 0 Å². The van der Waals surface area contributed by atoms with Crippen LogP contribution in [0.15, 0.2) is 33.6 Å². The van der Waals surface area contributed by atoms with E-state index in [0.29, 0.717) is 13.0 Å². The minimum absolute atomic E-state index is 0.102. The Morgan fingerprint density at radius 3 is 2.95 bits per heavy atom. The molecule has 0 aliphatic carbocycles. The van der Waals surface area contributed by atoms with E-state index in [1.54, 1.807) is 0 Å². The van der Waals surface area contributed by atoms with Crippen LogP contribution in [-0.4, -0.2) is 40.2 Å². The van der Waals surface area contributed by atoms with Gasteiger partial charge < -0.3 is 10.0 Å². The van der Waals surface area contributed by atoms with Crippen LogP contribution in [0, 0.1) is 0 Å². The number of carboxylic acids is 1. The van der Waals surface area contributed by atoms with E-state index < -0.39 is 12.0 Å². The molecule has 0 radical (unpaired) electrons. The molecule has 1 amide bonds. The van der Waals surface area contributed by atoms with E-state index in [1.165, 1.54) is 16.7 Å². The third-order valence-corrected chi connectivity index (χ3v) is 4.49. The zero-order valence-corrected chi connectivity index (χ0v) is 12.6. The Labute approximate surface area is 124 Å². The maximum atomic E-state index is 12.0. The van der Waals surface area contributed by atoms with Gasteiger partial charge in [0.25, 0.3) is 0 Å². The molecule has 1 fully saturated rings. The standard InChI is InChI=1S/C13H14BrNO3S/c14-9-3-1-4-10(7-9)19-8-12(16)15-6-2-5-11(15)13(17)18/h1,3-4,7,11H,2,5-6,8H2,(H,17,18)/t11-/m1/s1. The van der Waals surface area contributed by atoms with E-state index in [2.05, 4.69) is 15.9 Å². The highest BCUT2D eigenvalue weighted by Crippen LogP contribution is 2.24. The molecular weight excluding hydrogens is 330 g/mol. The molecule has 0 bridgehead atoms. The number of carbonyl (C=O) groups excluding carboxylic acids is 1. The average Bonchev–Trinajstić information content (AvgIpc) is 2.85. The number of likely N-dealkylation sites (tertiary alicyclic amines) is 1. The van der Waals surface area contributed by atoms with Gasteiger partial charge in [0.2, 0.25) is 5.91 Å². The molecule has 1 aliphatic heterocycles. The highest BCUT2D eigenvalue weighted by molar-refractivity contribution is 9.10. The molecule has 0 aromatic heterocycles. The number of hydrogen-bond donors (Lipinski definition) is 1. The summed E-state index contributed by atoms with van der Waals surface area (Å²) in [6.45, 7) is 0.550. The molecule has 1 aromatic rings. The van der Waals surface area contributed by atoms with E-state index in [0.717, 1.165) is 15.8 Å². The first-order valence-corrected chi connectivity index (χ1v) is 7.76. The summed E-state index contributed by atoms with van der Waals surface area (Å²) in [7, 11) is 0. The zero-order chi connectivity index (χ0) is 13.8. The third kappa shape index (κ3) is 3.73. The Balaban J connectivity index is 1.92. The van der Waals surface area contributed by atoms with Gasteiger partial charge in [-0.15, -0.1) is 11.8 Å². The molecule has 1 heterocycles. The summed E-state index contributed by atoms with van der Waals surface area (Å²) in [6, 6.07) is 7.06. The van der Waals surface area contributed by atoms with Crippen LogP contribution in [0.5, 0.6) is 0 Å². The summed E-state index contributed by atoms with van der Waals surface area (Å²) in [5.41, 5.74) is 0. The summed E-state index contributed by atoms with van der Waals surface area (Å²) in [6.07, 6.45) is 1.33. The van der Waals surface area contributed by atoms with Crippen molar-refractivity contribution in [1.82, 2.24) is 4.90 Å². The molecule has 4 nitrogen and oxygen atoms in total. The predicted octanol–water partition coefficient (Wildman–Crippen LogP) is 2.62. The minimum Gasteiger partial charge on any atom is -0.480 e. The number of benzene rings is 1. The highest BCUT2D eigenvalue weighted by Gasteiger charge is 2.33. The fraction of sp³-hybridized carbons (Fsp3) is 0.385. The van der Waals surface area contributed by atoms with Gasteiger partial charge in [-0.3, -0.25) is 4.79 Å². The number of thioether (sulfide) groups is 1. The molecule has 2 rings (SSSR count). The molecule has 1 aliphatic rings. The van der Waals surface area contributed by atoms with Gasteiger partial charge in [-0.1, -0.05) is 22.0 Å². The van der Waals surface area contributed by atoms with Crippen molar-refractivity contribution in [2.24, 2.45) is 0 Å². The highest BCUT2D eigenvalue weighted by atomic mass is 79.9. The van der Waals surface area contributed by atoms with Crippen LogP contribution < -0.4 is 0 Å². The van der Waals surface area contributed by atoms with E-state index in [4.69, 9.17) is 5.11 Å². The number of rotatable bonds is 4. The number of amides is 1. The molecule has 1 saturated heterocycles. The number of carboxylic acid groups (broad SMARTS) is 1. The summed E-state index contributed by atoms with van der Waals surface area (Å²) >= 11 is 4.81. The molecule has 1 atom stereocenters. The molecule has 6 heteroatoms. The molecule has 1 N–H and O–H groups in total. The molecule has 102 valence electrons. The third-order valence-electron chi connectivity index (χ3n) is 3.02. The SMILES string of the molecule is O=C(O)[C@H]1CCCN1C(=O)CSc1cccc(Br)c1. The maximum absolute atomic E-state index is 12.0. The molecule has 0 unspecified atom stereocenters. The largest absolute Gasteiger partial charge is 0.480 e. The first-order chi connectivity index (χ1) is 9.08. The normalized spacial score (nSPS) is 18.6. The van der Waals surface area contributed by atoms with Crippen LogP contribution in [0.1, 0.15) is 12.8 Å². The topological polar surface area (TPSA) is 57.6 Å². The lowest BCUT2D eigenvalue weighted by Gasteiger charge is -2.21. The van der Waals surface area contributed by atoms with Crippen LogP contribution in [0.25, 0.3) is 0 Å². The van der Waals surface area contributed by atoms with Gasteiger partial charge in [-0.25, -0.2) is 4.79 Å². The zero-order valence-electron chi connectivity index (χ0n) is 10.2. The summed E-state index contributed by atoms with van der Waals surface area (Å²) < 4.78 is 0.967. The lowest BCUT2D eigenvalue weighted by atomic mass is 10.2. The van der Waals surface area contributed by atoms with Crippen molar-refractivity contribution in [3.8, 4) is 0 Å². The second-order valence-electron chi connectivity index (χ2n) is 4.33. The quantitative estimate of drug-likeness (QED) is 0.853. The van der Waals surface area contributed by atoms with Crippen LogP contribution in [0.2, 0.25) is 0 Å². The summed E-state index contributed by atoms with van der Waals surface area (Å²) in [4.78, 5) is 25.6. The number of aliphatic carboxylic acids is 1. The van der Waals surface area contributed by atoms with E-state index >= 15 is 0 Å². The maximum Gasteiger partial charge on any atom is 0.326 e. The van der Waals surface area contributed by atoms with Crippen LogP contribution in [-0.2, 0) is 9.59 Å². The monoisotopic (exact) mass is 343 g/mol. The Morgan fingerprint density at radius 1 is 1.47 bits per heavy atom. The predicted molar refractivity (Wildman–Crippen MR) is 77.2 cm³/mol. The molecule has 1 aromatic carbocycles. The lowest BCUT2D eigenvalue weighted by molar-refractivity contribution is -0.147. The van der Waals surface area contributed by atoms with Crippen LogP contribution >= 0.6 is 27.7 Å². The fourth-order valence-electron chi connectivity index (χ4n) is 2.11. The number of halogens is 1. The second kappa shape index (κ2) is 6.43. The minimum atomic E-state index is -0.904. The van der Waals surface area contributed by atoms with Crippen molar-refractivity contribution in [3.05, 3.63) is 28.7 Å². The van der Waals surface area contributed by atoms with Crippen molar-refractivity contribution in [2.45, 2.75) is 23.8 Å². The van der Waals surface area contributed by atoms with E-state index in [1.807, 2.05) is 24.3 Å². The van der Waals surface area contributed by atoms with Gasteiger partial charge >= 0.3 is 5.97 Å². The van der Waals surface area contributed by atoms with Gasteiger partial charge in [0.15, 0.2) is 0 Å². The Morgan fingerprint density at radius 2 is 2.26 bits per heavy atom. The van der Waals surface area contributed by atoms with Gasteiger partial charge in [-0.05, 0) is 31.0 Å². The first-order valence-electron chi connectivity index (χ1n) is 5.98. The van der Waals surface area contributed by atoms with Gasteiger partial charge in [0.1, 0.15) is 6.04 Å². The summed E-state index contributed by atoms with van der Waals surface area (Å²) in [5, 5.41) is 9.05. The van der Waals surface area contributed by atoms with E-state index in [-0.39, 0.29) is 11.7 Å².